The van der Waals surface area contributed by atoms with Gasteiger partial charge >= 0.3 is 0 Å². The minimum Gasteiger partial charge on any atom is -0.343 e. The Kier molecular flexibility index (Phi) is 3.16. The van der Waals surface area contributed by atoms with Crippen molar-refractivity contribution >= 4 is 15.7 Å². The number of carbonyl (C=O) groups is 1. The molecule has 2 N–H and O–H groups in total. The summed E-state index contributed by atoms with van der Waals surface area (Å²) in [7, 11) is 0.320. The number of rotatable bonds is 3. The van der Waals surface area contributed by atoms with Crippen LogP contribution >= 0.6 is 0 Å². The lowest BCUT2D eigenvalue weighted by Gasteiger charge is -2.27. The molecule has 2 rings (SSSR count). The fourth-order valence-corrected chi connectivity index (χ4v) is 3.25. The molecule has 1 aromatic rings. The van der Waals surface area contributed by atoms with Gasteiger partial charge in [-0.05, 0) is 6.07 Å². The van der Waals surface area contributed by atoms with Crippen molar-refractivity contribution in [2.24, 2.45) is 5.73 Å². The Labute approximate surface area is 105 Å². The molecule has 0 spiro atoms. The second-order valence-electron chi connectivity index (χ2n) is 4.60. The summed E-state index contributed by atoms with van der Waals surface area (Å²) in [5, 5.41) is 4.20. The lowest BCUT2D eigenvalue weighted by molar-refractivity contribution is 0.0813. The molecular weight excluding hydrogens is 256 g/mol. The van der Waals surface area contributed by atoms with Crippen molar-refractivity contribution in [3.8, 4) is 0 Å². The number of carbonyl (C=O) groups excluding carboxylic acids is 1. The third kappa shape index (κ3) is 2.25. The van der Waals surface area contributed by atoms with E-state index in [1.165, 1.54) is 9.58 Å². The van der Waals surface area contributed by atoms with E-state index < -0.39 is 9.84 Å². The van der Waals surface area contributed by atoms with Gasteiger partial charge in [-0.1, -0.05) is 0 Å². The summed E-state index contributed by atoms with van der Waals surface area (Å²) in [6, 6.07) is 1.36. The van der Waals surface area contributed by atoms with E-state index in [4.69, 9.17) is 5.73 Å². The molecule has 0 aliphatic carbocycles. The summed E-state index contributed by atoms with van der Waals surface area (Å²) in [6.45, 7) is 0.222. The van der Waals surface area contributed by atoms with Crippen LogP contribution in [0.3, 0.4) is 0 Å². The van der Waals surface area contributed by atoms with Crippen LogP contribution in [0.15, 0.2) is 6.07 Å². The smallest absolute Gasteiger partial charge is 0.271 e. The molecule has 0 aromatic carbocycles. The van der Waals surface area contributed by atoms with Crippen LogP contribution in [-0.4, -0.2) is 54.6 Å². The van der Waals surface area contributed by atoms with Crippen LogP contribution in [0.25, 0.3) is 0 Å². The first kappa shape index (κ1) is 13.0. The molecule has 1 saturated heterocycles. The Morgan fingerprint density at radius 3 is 2.61 bits per heavy atom. The van der Waals surface area contributed by atoms with Gasteiger partial charge in [0.25, 0.3) is 5.91 Å². The molecule has 0 unspecified atom stereocenters. The lowest BCUT2D eigenvalue weighted by atomic mass is 10.3. The maximum Gasteiger partial charge on any atom is 0.271 e. The first-order valence-electron chi connectivity index (χ1n) is 5.54. The standard InChI is InChI=1S/C10H16N4O3S/c1-13(2)10(15)9-3-7(4-11)12-14(9)8-5-18(16,17)6-8/h3,8H,4-6,11H2,1-2H3. The van der Waals surface area contributed by atoms with Gasteiger partial charge in [-0.25, -0.2) is 8.42 Å². The summed E-state index contributed by atoms with van der Waals surface area (Å²) >= 11 is 0. The first-order chi connectivity index (χ1) is 8.34. The zero-order valence-electron chi connectivity index (χ0n) is 10.3. The molecule has 0 radical (unpaired) electrons. The molecule has 1 fully saturated rings. The number of nitrogens with two attached hydrogens (primary N) is 1. The van der Waals surface area contributed by atoms with Crippen molar-refractivity contribution in [2.45, 2.75) is 12.6 Å². The normalized spacial score (nSPS) is 18.4. The van der Waals surface area contributed by atoms with Crippen molar-refractivity contribution in [2.75, 3.05) is 25.6 Å². The highest BCUT2D eigenvalue weighted by molar-refractivity contribution is 7.92. The van der Waals surface area contributed by atoms with E-state index in [1.54, 1.807) is 20.2 Å². The van der Waals surface area contributed by atoms with Crippen molar-refractivity contribution in [3.05, 3.63) is 17.5 Å². The summed E-state index contributed by atoms with van der Waals surface area (Å²) in [5.74, 6) is -0.134. The quantitative estimate of drug-likeness (QED) is 0.762. The topological polar surface area (TPSA) is 98.3 Å². The van der Waals surface area contributed by atoms with E-state index >= 15 is 0 Å². The van der Waals surface area contributed by atoms with Crippen LogP contribution in [0.1, 0.15) is 22.2 Å². The van der Waals surface area contributed by atoms with Crippen LogP contribution in [0, 0.1) is 0 Å². The molecule has 7 nitrogen and oxygen atoms in total. The SMILES string of the molecule is CN(C)C(=O)c1cc(CN)nn1C1CS(=O)(=O)C1. The number of nitrogens with zero attached hydrogens (tertiary/aromatic N) is 3. The number of aromatic nitrogens is 2. The molecule has 0 bridgehead atoms. The summed E-state index contributed by atoms with van der Waals surface area (Å²) in [4.78, 5) is 13.4. The van der Waals surface area contributed by atoms with E-state index in [9.17, 15) is 13.2 Å². The Morgan fingerprint density at radius 2 is 2.17 bits per heavy atom. The van der Waals surface area contributed by atoms with Crippen LogP contribution in [0.2, 0.25) is 0 Å². The van der Waals surface area contributed by atoms with Crippen molar-refractivity contribution in [3.63, 3.8) is 0 Å². The van der Waals surface area contributed by atoms with E-state index in [2.05, 4.69) is 5.10 Å². The second kappa shape index (κ2) is 4.36. The average Bonchev–Trinajstić information content (AvgIpc) is 2.68. The summed E-state index contributed by atoms with van der Waals surface area (Å²) in [5.41, 5.74) is 6.48. The van der Waals surface area contributed by atoms with Crippen LogP contribution in [0.4, 0.5) is 0 Å². The summed E-state index contributed by atoms with van der Waals surface area (Å²) < 4.78 is 23.9. The predicted molar refractivity (Wildman–Crippen MR) is 65.8 cm³/mol. The molecule has 18 heavy (non-hydrogen) atoms. The molecule has 1 amide bonds. The van der Waals surface area contributed by atoms with Gasteiger partial charge in [-0.2, -0.15) is 5.10 Å². The van der Waals surface area contributed by atoms with Gasteiger partial charge in [0.1, 0.15) is 5.69 Å². The third-order valence-electron chi connectivity index (χ3n) is 2.86. The minimum absolute atomic E-state index is 0.0341. The molecule has 100 valence electrons. The largest absolute Gasteiger partial charge is 0.343 e. The highest BCUT2D eigenvalue weighted by atomic mass is 32.2. The van der Waals surface area contributed by atoms with E-state index in [0.717, 1.165) is 0 Å². The predicted octanol–water partition coefficient (Wildman–Crippen LogP) is -0.987. The van der Waals surface area contributed by atoms with Crippen LogP contribution in [-0.2, 0) is 16.4 Å². The van der Waals surface area contributed by atoms with Crippen molar-refractivity contribution in [1.29, 1.82) is 0 Å². The maximum atomic E-state index is 12.0. The Morgan fingerprint density at radius 1 is 1.56 bits per heavy atom. The molecule has 1 aromatic heterocycles. The zero-order valence-corrected chi connectivity index (χ0v) is 11.1. The first-order valence-corrected chi connectivity index (χ1v) is 7.37. The van der Waals surface area contributed by atoms with Crippen molar-refractivity contribution < 1.29 is 13.2 Å². The molecule has 1 aliphatic rings. The minimum atomic E-state index is -2.96. The van der Waals surface area contributed by atoms with E-state index in [-0.39, 0.29) is 30.0 Å². The number of amides is 1. The monoisotopic (exact) mass is 272 g/mol. The Balaban J connectivity index is 2.34. The fraction of sp³-hybridized carbons (Fsp3) is 0.600. The Hall–Kier alpha value is -1.41. The fourth-order valence-electron chi connectivity index (χ4n) is 1.89. The molecule has 2 heterocycles. The Bertz CT molecular complexity index is 564. The molecule has 1 aliphatic heterocycles. The number of hydrogen-bond acceptors (Lipinski definition) is 5. The van der Waals surface area contributed by atoms with E-state index in [0.29, 0.717) is 11.4 Å². The average molecular weight is 272 g/mol. The number of hydrogen-bond donors (Lipinski definition) is 1. The van der Waals surface area contributed by atoms with Gasteiger partial charge in [-0.15, -0.1) is 0 Å². The highest BCUT2D eigenvalue weighted by Gasteiger charge is 2.37. The second-order valence-corrected chi connectivity index (χ2v) is 6.75. The zero-order chi connectivity index (χ0) is 13.5. The molecule has 0 saturated carbocycles. The molecule has 0 atom stereocenters. The van der Waals surface area contributed by atoms with Gasteiger partial charge < -0.3 is 10.6 Å². The highest BCUT2D eigenvalue weighted by Crippen LogP contribution is 2.25. The lowest BCUT2D eigenvalue weighted by Crippen LogP contribution is -2.40. The van der Waals surface area contributed by atoms with E-state index in [1.807, 2.05) is 0 Å². The van der Waals surface area contributed by atoms with Crippen molar-refractivity contribution in [1.82, 2.24) is 14.7 Å². The summed E-state index contributed by atoms with van der Waals surface area (Å²) in [6.07, 6.45) is 0. The van der Waals surface area contributed by atoms with Gasteiger partial charge in [-0.3, -0.25) is 9.48 Å². The van der Waals surface area contributed by atoms with Gasteiger partial charge in [0, 0.05) is 20.6 Å². The van der Waals surface area contributed by atoms with Gasteiger partial charge in [0.15, 0.2) is 9.84 Å². The van der Waals surface area contributed by atoms with Gasteiger partial charge in [0.2, 0.25) is 0 Å². The van der Waals surface area contributed by atoms with Gasteiger partial charge in [0.05, 0.1) is 23.2 Å². The van der Waals surface area contributed by atoms with Crippen LogP contribution in [0.5, 0.6) is 0 Å². The maximum absolute atomic E-state index is 12.0. The van der Waals surface area contributed by atoms with Crippen LogP contribution < -0.4 is 5.73 Å². The number of sulfone groups is 1. The molecular formula is C10H16N4O3S. The molecule has 8 heteroatoms. The third-order valence-corrected chi connectivity index (χ3v) is 4.64.